The summed E-state index contributed by atoms with van der Waals surface area (Å²) in [7, 11) is 0. The van der Waals surface area contributed by atoms with Gasteiger partial charge in [0.2, 0.25) is 0 Å². The summed E-state index contributed by atoms with van der Waals surface area (Å²) in [5, 5.41) is 6.13. The summed E-state index contributed by atoms with van der Waals surface area (Å²) in [5.74, 6) is -0.517. The van der Waals surface area contributed by atoms with Gasteiger partial charge in [-0.05, 0) is 42.3 Å². The molecule has 0 aliphatic rings. The van der Waals surface area contributed by atoms with Crippen LogP contribution in [0, 0.1) is 6.92 Å². The topological polar surface area (TPSA) is 55.1 Å². The second kappa shape index (κ2) is 6.84. The number of halogens is 4. The van der Waals surface area contributed by atoms with Crippen LogP contribution >= 0.6 is 11.6 Å². The highest BCUT2D eigenvalue weighted by molar-refractivity contribution is 6.30. The van der Waals surface area contributed by atoms with Gasteiger partial charge in [-0.1, -0.05) is 35.0 Å². The molecular weight excluding hydrogens is 369 g/mol. The zero-order valence-electron chi connectivity index (χ0n) is 13.4. The number of benzene rings is 2. The number of amides is 1. The normalized spacial score (nSPS) is 11.4. The van der Waals surface area contributed by atoms with Gasteiger partial charge < -0.3 is 9.84 Å². The maximum atomic E-state index is 13.5. The molecule has 2 aromatic carbocycles. The Labute approximate surface area is 151 Å². The highest BCUT2D eigenvalue weighted by Crippen LogP contribution is 2.38. The van der Waals surface area contributed by atoms with Crippen LogP contribution in [0.25, 0.3) is 11.1 Å². The molecule has 3 aromatic rings. The average molecular weight is 381 g/mol. The van der Waals surface area contributed by atoms with E-state index >= 15 is 0 Å². The number of nitrogens with zero attached hydrogens (tertiary/aromatic N) is 1. The highest BCUT2D eigenvalue weighted by Gasteiger charge is 2.34. The molecule has 1 aromatic heterocycles. The summed E-state index contributed by atoms with van der Waals surface area (Å²) < 4.78 is 45.2. The monoisotopic (exact) mass is 380 g/mol. The molecule has 0 aliphatic heterocycles. The highest BCUT2D eigenvalue weighted by atomic mass is 35.5. The number of anilines is 1. The molecule has 0 radical (unpaired) electrons. The van der Waals surface area contributed by atoms with Crippen LogP contribution in [-0.2, 0) is 6.18 Å². The first-order valence-electron chi connectivity index (χ1n) is 7.45. The molecule has 4 nitrogen and oxygen atoms in total. The zero-order chi connectivity index (χ0) is 18.9. The summed E-state index contributed by atoms with van der Waals surface area (Å²) in [6, 6.07) is 10.2. The van der Waals surface area contributed by atoms with E-state index in [4.69, 9.17) is 16.1 Å². The van der Waals surface area contributed by atoms with Crippen molar-refractivity contribution in [3.05, 3.63) is 70.6 Å². The number of alkyl halides is 3. The summed E-state index contributed by atoms with van der Waals surface area (Å²) in [6.45, 7) is 1.49. The first kappa shape index (κ1) is 18.0. The molecule has 0 spiro atoms. The molecule has 26 heavy (non-hydrogen) atoms. The third-order valence-corrected chi connectivity index (χ3v) is 3.96. The SMILES string of the molecule is Cc1oncc1C(=O)Nc1ccc(-c2cccc(Cl)c2)cc1C(F)(F)F. The second-order valence-corrected chi connectivity index (χ2v) is 5.95. The molecule has 0 unspecified atom stereocenters. The van der Waals surface area contributed by atoms with Crippen LogP contribution in [0.2, 0.25) is 5.02 Å². The van der Waals surface area contributed by atoms with Gasteiger partial charge in [-0.15, -0.1) is 0 Å². The molecule has 0 bridgehead atoms. The number of rotatable bonds is 3. The number of hydrogen-bond acceptors (Lipinski definition) is 3. The minimum absolute atomic E-state index is 0.0667. The Morgan fingerprint density at radius 2 is 1.88 bits per heavy atom. The molecular formula is C18H12ClF3N2O2. The number of hydrogen-bond donors (Lipinski definition) is 1. The van der Waals surface area contributed by atoms with Crippen molar-refractivity contribution in [3.8, 4) is 11.1 Å². The summed E-state index contributed by atoms with van der Waals surface area (Å²) >= 11 is 5.90. The van der Waals surface area contributed by atoms with E-state index in [0.717, 1.165) is 12.3 Å². The summed E-state index contributed by atoms with van der Waals surface area (Å²) in [4.78, 5) is 12.2. The van der Waals surface area contributed by atoms with E-state index in [2.05, 4.69) is 10.5 Å². The second-order valence-electron chi connectivity index (χ2n) is 5.52. The lowest BCUT2D eigenvalue weighted by atomic mass is 10.0. The van der Waals surface area contributed by atoms with Gasteiger partial charge in [0.1, 0.15) is 11.3 Å². The Balaban J connectivity index is 2.00. The number of nitrogens with one attached hydrogen (secondary N) is 1. The molecule has 0 saturated carbocycles. The van der Waals surface area contributed by atoms with E-state index in [0.29, 0.717) is 16.1 Å². The fraction of sp³-hybridized carbons (Fsp3) is 0.111. The van der Waals surface area contributed by atoms with Crippen molar-refractivity contribution in [2.75, 3.05) is 5.32 Å². The molecule has 134 valence electrons. The first-order chi connectivity index (χ1) is 12.3. The predicted molar refractivity (Wildman–Crippen MR) is 91.1 cm³/mol. The Bertz CT molecular complexity index is 967. The van der Waals surface area contributed by atoms with Crippen molar-refractivity contribution >= 4 is 23.2 Å². The Kier molecular flexibility index (Phi) is 4.73. The maximum absolute atomic E-state index is 13.5. The molecule has 1 heterocycles. The first-order valence-corrected chi connectivity index (χ1v) is 7.83. The lowest BCUT2D eigenvalue weighted by Crippen LogP contribution is -2.17. The molecule has 3 rings (SSSR count). The number of carbonyl (C=O) groups excluding carboxylic acids is 1. The van der Waals surface area contributed by atoms with Gasteiger partial charge in [-0.2, -0.15) is 13.2 Å². The largest absolute Gasteiger partial charge is 0.418 e. The smallest absolute Gasteiger partial charge is 0.361 e. The van der Waals surface area contributed by atoms with Crippen molar-refractivity contribution in [2.45, 2.75) is 13.1 Å². The molecule has 0 saturated heterocycles. The van der Waals surface area contributed by atoms with E-state index < -0.39 is 17.6 Å². The number of aromatic nitrogens is 1. The van der Waals surface area contributed by atoms with Gasteiger partial charge in [0.15, 0.2) is 0 Å². The van der Waals surface area contributed by atoms with Gasteiger partial charge in [-0.25, -0.2) is 0 Å². The third kappa shape index (κ3) is 3.72. The van der Waals surface area contributed by atoms with E-state index in [1.807, 2.05) is 0 Å². The number of aryl methyl sites for hydroxylation is 1. The standard InChI is InChI=1S/C18H12ClF3N2O2/c1-10-14(9-23-26-10)17(25)24-16-6-5-12(8-15(16)18(20,21)22)11-3-2-4-13(19)7-11/h2-9H,1H3,(H,24,25). The van der Waals surface area contributed by atoms with E-state index in [-0.39, 0.29) is 17.0 Å². The Morgan fingerprint density at radius 1 is 1.15 bits per heavy atom. The maximum Gasteiger partial charge on any atom is 0.418 e. The fourth-order valence-electron chi connectivity index (χ4n) is 2.44. The van der Waals surface area contributed by atoms with Crippen LogP contribution in [0.15, 0.2) is 53.2 Å². The van der Waals surface area contributed by atoms with Crippen LogP contribution in [0.5, 0.6) is 0 Å². The van der Waals surface area contributed by atoms with Crippen molar-refractivity contribution < 1.29 is 22.5 Å². The van der Waals surface area contributed by atoms with E-state index in [9.17, 15) is 18.0 Å². The molecule has 0 atom stereocenters. The van der Waals surface area contributed by atoms with Gasteiger partial charge >= 0.3 is 6.18 Å². The van der Waals surface area contributed by atoms with Crippen LogP contribution in [0.1, 0.15) is 21.7 Å². The Hall–Kier alpha value is -2.80. The van der Waals surface area contributed by atoms with Gasteiger partial charge in [0.25, 0.3) is 5.91 Å². The summed E-state index contributed by atoms with van der Waals surface area (Å²) in [6.07, 6.45) is -3.50. The lowest BCUT2D eigenvalue weighted by Gasteiger charge is -2.15. The lowest BCUT2D eigenvalue weighted by molar-refractivity contribution is -0.136. The van der Waals surface area contributed by atoms with Gasteiger partial charge in [0, 0.05) is 5.02 Å². The molecule has 8 heteroatoms. The predicted octanol–water partition coefficient (Wildman–Crippen LogP) is 5.57. The van der Waals surface area contributed by atoms with Crippen molar-refractivity contribution in [1.29, 1.82) is 0 Å². The van der Waals surface area contributed by atoms with Crippen LogP contribution in [0.3, 0.4) is 0 Å². The third-order valence-electron chi connectivity index (χ3n) is 3.73. The van der Waals surface area contributed by atoms with Crippen LogP contribution in [-0.4, -0.2) is 11.1 Å². The van der Waals surface area contributed by atoms with Crippen molar-refractivity contribution in [1.82, 2.24) is 5.16 Å². The molecule has 1 amide bonds. The van der Waals surface area contributed by atoms with Gasteiger partial charge in [0.05, 0.1) is 17.4 Å². The van der Waals surface area contributed by atoms with E-state index in [1.54, 1.807) is 24.3 Å². The molecule has 0 aliphatic carbocycles. The van der Waals surface area contributed by atoms with E-state index in [1.165, 1.54) is 19.1 Å². The van der Waals surface area contributed by atoms with Crippen molar-refractivity contribution in [3.63, 3.8) is 0 Å². The zero-order valence-corrected chi connectivity index (χ0v) is 14.2. The molecule has 1 N–H and O–H groups in total. The van der Waals surface area contributed by atoms with Gasteiger partial charge in [-0.3, -0.25) is 4.79 Å². The van der Waals surface area contributed by atoms with Crippen molar-refractivity contribution in [2.24, 2.45) is 0 Å². The Morgan fingerprint density at radius 3 is 2.50 bits per heavy atom. The quantitative estimate of drug-likeness (QED) is 0.645. The molecule has 0 fully saturated rings. The minimum Gasteiger partial charge on any atom is -0.361 e. The average Bonchev–Trinajstić information content (AvgIpc) is 3.00. The van der Waals surface area contributed by atoms with Crippen LogP contribution in [0.4, 0.5) is 18.9 Å². The summed E-state index contributed by atoms with van der Waals surface area (Å²) in [5.41, 5.74) is -0.377. The fourth-order valence-corrected chi connectivity index (χ4v) is 2.63. The minimum atomic E-state index is -4.65. The van der Waals surface area contributed by atoms with Crippen LogP contribution < -0.4 is 5.32 Å². The number of carbonyl (C=O) groups is 1.